The molecule has 0 bridgehead atoms. The molecular weight excluding hydrogens is 150 g/mol. The topological polar surface area (TPSA) is 64.9 Å². The number of nitrogens with zero attached hydrogens (tertiary/aromatic N) is 1. The molecule has 1 aromatic rings. The number of nitrogens with two attached hydrogens (primary N) is 2. The number of pyridine rings is 1. The highest BCUT2D eigenvalue weighted by Crippen LogP contribution is 2.38. The summed E-state index contributed by atoms with van der Waals surface area (Å²) >= 11 is 0. The molecule has 1 heterocycles. The van der Waals surface area contributed by atoms with Crippen LogP contribution in [0.25, 0.3) is 0 Å². The van der Waals surface area contributed by atoms with E-state index >= 15 is 0 Å². The summed E-state index contributed by atoms with van der Waals surface area (Å²) in [4.78, 5) is 4.20. The fourth-order valence-corrected chi connectivity index (χ4v) is 1.34. The molecule has 2 rings (SSSR count). The van der Waals surface area contributed by atoms with E-state index in [1.807, 2.05) is 6.07 Å². The highest BCUT2D eigenvalue weighted by atomic mass is 14.8. The molecule has 0 spiro atoms. The first-order valence-corrected chi connectivity index (χ1v) is 4.24. The first-order valence-electron chi connectivity index (χ1n) is 4.24. The molecule has 12 heavy (non-hydrogen) atoms. The third kappa shape index (κ3) is 1.41. The van der Waals surface area contributed by atoms with Crippen LogP contribution in [0.5, 0.6) is 0 Å². The summed E-state index contributed by atoms with van der Waals surface area (Å²) < 4.78 is 0. The summed E-state index contributed by atoms with van der Waals surface area (Å²) in [6.07, 6.45) is 4.18. The Morgan fingerprint density at radius 1 is 1.50 bits per heavy atom. The zero-order chi connectivity index (χ0) is 8.55. The summed E-state index contributed by atoms with van der Waals surface area (Å²) in [5.41, 5.74) is 13.2. The van der Waals surface area contributed by atoms with Crippen molar-refractivity contribution in [2.24, 2.45) is 11.7 Å². The molecule has 3 heteroatoms. The van der Waals surface area contributed by atoms with Crippen LogP contribution in [0.3, 0.4) is 0 Å². The van der Waals surface area contributed by atoms with Crippen molar-refractivity contribution >= 4 is 5.69 Å². The lowest BCUT2D eigenvalue weighted by atomic mass is 10.1. The zero-order valence-electron chi connectivity index (χ0n) is 6.90. The molecule has 1 atom stereocenters. The Morgan fingerprint density at radius 2 is 2.25 bits per heavy atom. The van der Waals surface area contributed by atoms with Crippen LogP contribution >= 0.6 is 0 Å². The molecule has 0 saturated heterocycles. The van der Waals surface area contributed by atoms with E-state index in [0.717, 1.165) is 11.4 Å². The van der Waals surface area contributed by atoms with E-state index in [1.54, 1.807) is 12.3 Å². The Bertz CT molecular complexity index is 281. The standard InChI is InChI=1S/C9H13N3/c10-7-3-4-12-8(5-7)9(11)6-1-2-6/h3-6,9H,1-2,11H2,(H2,10,12)/t9-/m1/s1. The molecule has 1 fully saturated rings. The molecule has 0 radical (unpaired) electrons. The zero-order valence-corrected chi connectivity index (χ0v) is 6.90. The van der Waals surface area contributed by atoms with Gasteiger partial charge in [0.05, 0.1) is 5.69 Å². The number of rotatable bonds is 2. The van der Waals surface area contributed by atoms with Crippen molar-refractivity contribution in [3.8, 4) is 0 Å². The predicted molar refractivity (Wildman–Crippen MR) is 48.3 cm³/mol. The summed E-state index contributed by atoms with van der Waals surface area (Å²) in [6, 6.07) is 3.74. The lowest BCUT2D eigenvalue weighted by molar-refractivity contribution is 0.615. The highest BCUT2D eigenvalue weighted by Gasteiger charge is 2.30. The summed E-state index contributed by atoms with van der Waals surface area (Å²) in [5, 5.41) is 0. The van der Waals surface area contributed by atoms with Gasteiger partial charge in [-0.05, 0) is 30.9 Å². The number of anilines is 1. The van der Waals surface area contributed by atoms with Crippen LogP contribution in [0.15, 0.2) is 18.3 Å². The highest BCUT2D eigenvalue weighted by molar-refractivity contribution is 5.38. The first kappa shape index (κ1) is 7.55. The van der Waals surface area contributed by atoms with E-state index in [0.29, 0.717) is 5.92 Å². The lowest BCUT2D eigenvalue weighted by Gasteiger charge is -2.09. The van der Waals surface area contributed by atoms with Gasteiger partial charge in [0.2, 0.25) is 0 Å². The van der Waals surface area contributed by atoms with Crippen LogP contribution in [-0.4, -0.2) is 4.98 Å². The second-order valence-corrected chi connectivity index (χ2v) is 3.38. The van der Waals surface area contributed by atoms with Crippen LogP contribution in [0.4, 0.5) is 5.69 Å². The summed E-state index contributed by atoms with van der Waals surface area (Å²) in [5.74, 6) is 0.638. The van der Waals surface area contributed by atoms with Gasteiger partial charge in [-0.25, -0.2) is 0 Å². The number of hydrogen-bond acceptors (Lipinski definition) is 3. The van der Waals surface area contributed by atoms with Gasteiger partial charge in [-0.15, -0.1) is 0 Å². The maximum Gasteiger partial charge on any atom is 0.0594 e. The Kier molecular flexibility index (Phi) is 1.73. The summed E-state index contributed by atoms with van der Waals surface area (Å²) in [6.45, 7) is 0. The molecule has 64 valence electrons. The monoisotopic (exact) mass is 163 g/mol. The van der Waals surface area contributed by atoms with Crippen molar-refractivity contribution in [1.82, 2.24) is 4.98 Å². The Labute approximate surface area is 71.8 Å². The minimum absolute atomic E-state index is 0.0912. The molecule has 4 N–H and O–H groups in total. The largest absolute Gasteiger partial charge is 0.399 e. The van der Waals surface area contributed by atoms with Gasteiger partial charge in [0.15, 0.2) is 0 Å². The molecule has 0 unspecified atom stereocenters. The van der Waals surface area contributed by atoms with E-state index in [1.165, 1.54) is 12.8 Å². The van der Waals surface area contributed by atoms with Gasteiger partial charge in [-0.3, -0.25) is 4.98 Å². The lowest BCUT2D eigenvalue weighted by Crippen LogP contribution is -2.14. The number of aromatic nitrogens is 1. The minimum atomic E-state index is 0.0912. The number of hydrogen-bond donors (Lipinski definition) is 2. The van der Waals surface area contributed by atoms with Gasteiger partial charge < -0.3 is 11.5 Å². The second-order valence-electron chi connectivity index (χ2n) is 3.38. The van der Waals surface area contributed by atoms with Crippen molar-refractivity contribution in [2.45, 2.75) is 18.9 Å². The molecule has 0 aromatic carbocycles. The minimum Gasteiger partial charge on any atom is -0.399 e. The normalized spacial score (nSPS) is 19.1. The maximum atomic E-state index is 5.95. The molecule has 1 aliphatic carbocycles. The van der Waals surface area contributed by atoms with Gasteiger partial charge in [0.1, 0.15) is 0 Å². The fraction of sp³-hybridized carbons (Fsp3) is 0.444. The van der Waals surface area contributed by atoms with E-state index in [-0.39, 0.29) is 6.04 Å². The van der Waals surface area contributed by atoms with Crippen LogP contribution in [0, 0.1) is 5.92 Å². The fourth-order valence-electron chi connectivity index (χ4n) is 1.34. The van der Waals surface area contributed by atoms with Gasteiger partial charge in [0, 0.05) is 17.9 Å². The first-order chi connectivity index (χ1) is 5.77. The third-order valence-corrected chi connectivity index (χ3v) is 2.28. The SMILES string of the molecule is Nc1ccnc([C@H](N)C2CC2)c1. The average Bonchev–Trinajstić information content (AvgIpc) is 2.85. The third-order valence-electron chi connectivity index (χ3n) is 2.28. The smallest absolute Gasteiger partial charge is 0.0594 e. The second kappa shape index (κ2) is 2.75. The van der Waals surface area contributed by atoms with E-state index < -0.39 is 0 Å². The van der Waals surface area contributed by atoms with Gasteiger partial charge in [-0.2, -0.15) is 0 Å². The quantitative estimate of drug-likeness (QED) is 0.685. The molecule has 3 nitrogen and oxygen atoms in total. The van der Waals surface area contributed by atoms with Gasteiger partial charge in [0.25, 0.3) is 0 Å². The van der Waals surface area contributed by atoms with Gasteiger partial charge >= 0.3 is 0 Å². The Hall–Kier alpha value is -1.09. The van der Waals surface area contributed by atoms with Crippen molar-refractivity contribution in [2.75, 3.05) is 5.73 Å². The van der Waals surface area contributed by atoms with Crippen molar-refractivity contribution in [3.05, 3.63) is 24.0 Å². The van der Waals surface area contributed by atoms with Crippen LogP contribution in [0.2, 0.25) is 0 Å². The molecular formula is C9H13N3. The predicted octanol–water partition coefficient (Wildman–Crippen LogP) is 1.07. The van der Waals surface area contributed by atoms with Gasteiger partial charge in [-0.1, -0.05) is 0 Å². The molecule has 1 saturated carbocycles. The summed E-state index contributed by atoms with van der Waals surface area (Å²) in [7, 11) is 0. The number of nitrogen functional groups attached to an aromatic ring is 1. The van der Waals surface area contributed by atoms with Crippen LogP contribution in [0.1, 0.15) is 24.6 Å². The van der Waals surface area contributed by atoms with Crippen LogP contribution in [-0.2, 0) is 0 Å². The molecule has 1 aliphatic rings. The molecule has 0 aliphatic heterocycles. The Balaban J connectivity index is 2.20. The average molecular weight is 163 g/mol. The van der Waals surface area contributed by atoms with Crippen molar-refractivity contribution in [3.63, 3.8) is 0 Å². The van der Waals surface area contributed by atoms with Crippen molar-refractivity contribution in [1.29, 1.82) is 0 Å². The van der Waals surface area contributed by atoms with E-state index in [4.69, 9.17) is 11.5 Å². The van der Waals surface area contributed by atoms with Crippen molar-refractivity contribution < 1.29 is 0 Å². The van der Waals surface area contributed by atoms with E-state index in [9.17, 15) is 0 Å². The Morgan fingerprint density at radius 3 is 2.83 bits per heavy atom. The van der Waals surface area contributed by atoms with E-state index in [2.05, 4.69) is 4.98 Å². The molecule has 0 amide bonds. The van der Waals surface area contributed by atoms with Crippen LogP contribution < -0.4 is 11.5 Å². The maximum absolute atomic E-state index is 5.95. The molecule has 1 aromatic heterocycles.